The van der Waals surface area contributed by atoms with Crippen LogP contribution >= 0.6 is 38.9 Å². The topological polar surface area (TPSA) is 88.4 Å². The summed E-state index contributed by atoms with van der Waals surface area (Å²) in [6.07, 6.45) is 1.65. The maximum atomic E-state index is 14.2. The highest BCUT2D eigenvalue weighted by Crippen LogP contribution is 2.38. The molecule has 0 N–H and O–H groups in total. The SMILES string of the molecule is CCOC(=O)C1=C(C)N=c2s/c(=C\c3cc(Br)c(OCc4ccccc4Cl)c(OC)c3)c(=O)n2[C@@H]1c1ccccc1OC(C)C. The first-order valence-electron chi connectivity index (χ1n) is 14.3. The average molecular weight is 712 g/mol. The van der Waals surface area contributed by atoms with Crippen molar-refractivity contribution in [1.82, 2.24) is 4.57 Å². The molecule has 8 nitrogen and oxygen atoms in total. The van der Waals surface area contributed by atoms with Crippen LogP contribution in [0.2, 0.25) is 5.02 Å². The lowest BCUT2D eigenvalue weighted by Crippen LogP contribution is -2.40. The molecule has 0 saturated carbocycles. The minimum Gasteiger partial charge on any atom is -0.493 e. The summed E-state index contributed by atoms with van der Waals surface area (Å²) in [5.74, 6) is 1.03. The van der Waals surface area contributed by atoms with E-state index < -0.39 is 12.0 Å². The van der Waals surface area contributed by atoms with Crippen LogP contribution in [0, 0.1) is 0 Å². The number of aromatic nitrogens is 1. The number of benzene rings is 3. The van der Waals surface area contributed by atoms with E-state index in [1.54, 1.807) is 37.7 Å². The van der Waals surface area contributed by atoms with Gasteiger partial charge in [0.05, 0.1) is 40.1 Å². The summed E-state index contributed by atoms with van der Waals surface area (Å²) in [6.45, 7) is 7.78. The second-order valence-electron chi connectivity index (χ2n) is 10.4. The lowest BCUT2D eigenvalue weighted by molar-refractivity contribution is -0.139. The fraction of sp³-hybridized carbons (Fsp3) is 0.265. The number of carbonyl (C=O) groups excluding carboxylic acids is 1. The molecule has 0 bridgehead atoms. The number of esters is 1. The van der Waals surface area contributed by atoms with E-state index in [-0.39, 0.29) is 24.9 Å². The molecule has 0 saturated heterocycles. The van der Waals surface area contributed by atoms with Crippen molar-refractivity contribution in [2.75, 3.05) is 13.7 Å². The van der Waals surface area contributed by atoms with E-state index in [1.807, 2.05) is 68.4 Å². The Bertz CT molecular complexity index is 1970. The van der Waals surface area contributed by atoms with Crippen LogP contribution in [0.4, 0.5) is 0 Å². The lowest BCUT2D eigenvalue weighted by Gasteiger charge is -2.26. The van der Waals surface area contributed by atoms with Gasteiger partial charge in [0.15, 0.2) is 16.3 Å². The minimum absolute atomic E-state index is 0.122. The molecule has 0 radical (unpaired) electrons. The summed E-state index contributed by atoms with van der Waals surface area (Å²) in [5, 5.41) is 0.609. The largest absolute Gasteiger partial charge is 0.493 e. The van der Waals surface area contributed by atoms with Gasteiger partial charge in [-0.2, -0.15) is 0 Å². The van der Waals surface area contributed by atoms with Crippen LogP contribution in [-0.2, 0) is 16.1 Å². The summed E-state index contributed by atoms with van der Waals surface area (Å²) in [5.41, 5.74) is 2.68. The molecule has 1 aliphatic heterocycles. The molecule has 4 aromatic rings. The van der Waals surface area contributed by atoms with E-state index in [2.05, 4.69) is 20.9 Å². The van der Waals surface area contributed by atoms with Crippen LogP contribution in [0.3, 0.4) is 0 Å². The van der Waals surface area contributed by atoms with Gasteiger partial charge < -0.3 is 18.9 Å². The predicted octanol–water partition coefficient (Wildman–Crippen LogP) is 6.59. The maximum absolute atomic E-state index is 14.2. The fourth-order valence-electron chi connectivity index (χ4n) is 5.03. The van der Waals surface area contributed by atoms with Crippen molar-refractivity contribution in [1.29, 1.82) is 0 Å². The number of halogens is 2. The van der Waals surface area contributed by atoms with Crippen molar-refractivity contribution in [3.8, 4) is 17.2 Å². The zero-order valence-corrected chi connectivity index (χ0v) is 28.6. The van der Waals surface area contributed by atoms with Gasteiger partial charge in [-0.1, -0.05) is 59.3 Å². The van der Waals surface area contributed by atoms with Crippen LogP contribution in [0.15, 0.2) is 86.2 Å². The molecule has 0 amide bonds. The molecule has 5 rings (SSSR count). The third kappa shape index (κ3) is 6.88. The van der Waals surface area contributed by atoms with Crippen LogP contribution < -0.4 is 29.1 Å². The maximum Gasteiger partial charge on any atom is 0.338 e. The minimum atomic E-state index is -0.792. The van der Waals surface area contributed by atoms with Gasteiger partial charge in [0.2, 0.25) is 0 Å². The van der Waals surface area contributed by atoms with Gasteiger partial charge in [-0.25, -0.2) is 9.79 Å². The molecule has 11 heteroatoms. The first-order valence-corrected chi connectivity index (χ1v) is 16.3. The Morgan fingerprint density at radius 3 is 2.58 bits per heavy atom. The van der Waals surface area contributed by atoms with E-state index in [1.165, 1.54) is 11.3 Å². The standard InChI is InChI=1S/C34H32BrClN2O6S/c1-6-42-33(40)29-20(4)37-34-38(30(29)23-12-8-10-14-26(23)44-19(2)3)32(39)28(45-34)17-21-15-24(35)31(27(16-21)41-5)43-18-22-11-7-9-13-25(22)36/h7-17,19,30H,6,18H2,1-5H3/b28-17-/t30-/m1/s1. The third-order valence-electron chi connectivity index (χ3n) is 6.97. The van der Waals surface area contributed by atoms with Gasteiger partial charge in [0, 0.05) is 16.1 Å². The van der Waals surface area contributed by atoms with Crippen LogP contribution in [0.5, 0.6) is 17.2 Å². The molecular weight excluding hydrogens is 680 g/mol. The molecular formula is C34H32BrClN2O6S. The van der Waals surface area contributed by atoms with Crippen molar-refractivity contribution in [3.05, 3.63) is 118 Å². The number of methoxy groups -OCH3 is 1. The van der Waals surface area contributed by atoms with Crippen LogP contribution in [0.25, 0.3) is 6.08 Å². The van der Waals surface area contributed by atoms with E-state index in [0.717, 1.165) is 5.56 Å². The number of rotatable bonds is 10. The van der Waals surface area contributed by atoms with Gasteiger partial charge in [0.25, 0.3) is 5.56 Å². The number of thiazole rings is 1. The van der Waals surface area contributed by atoms with Crippen molar-refractivity contribution < 1.29 is 23.7 Å². The Morgan fingerprint density at radius 2 is 1.87 bits per heavy atom. The number of carbonyl (C=O) groups is 1. The van der Waals surface area contributed by atoms with Crippen molar-refractivity contribution in [2.45, 2.75) is 46.4 Å². The number of para-hydroxylation sites is 1. The van der Waals surface area contributed by atoms with Crippen molar-refractivity contribution in [2.24, 2.45) is 4.99 Å². The second kappa shape index (κ2) is 14.1. The predicted molar refractivity (Wildman–Crippen MR) is 179 cm³/mol. The van der Waals surface area contributed by atoms with E-state index in [9.17, 15) is 9.59 Å². The van der Waals surface area contributed by atoms with Gasteiger partial charge in [-0.05, 0) is 79.5 Å². The summed E-state index contributed by atoms with van der Waals surface area (Å²) in [4.78, 5) is 32.6. The van der Waals surface area contributed by atoms with E-state index in [4.69, 9.17) is 30.5 Å². The molecule has 3 aromatic carbocycles. The Kier molecular flexibility index (Phi) is 10.2. The highest BCUT2D eigenvalue weighted by molar-refractivity contribution is 9.10. The van der Waals surface area contributed by atoms with Crippen LogP contribution in [-0.4, -0.2) is 30.4 Å². The molecule has 45 heavy (non-hydrogen) atoms. The highest BCUT2D eigenvalue weighted by atomic mass is 79.9. The molecule has 234 valence electrons. The van der Waals surface area contributed by atoms with Gasteiger partial charge in [-0.15, -0.1) is 0 Å². The van der Waals surface area contributed by atoms with Gasteiger partial charge >= 0.3 is 5.97 Å². The molecule has 1 aliphatic rings. The quantitative estimate of drug-likeness (QED) is 0.173. The number of allylic oxidation sites excluding steroid dienone is 1. The third-order valence-corrected chi connectivity index (χ3v) is 8.91. The lowest BCUT2D eigenvalue weighted by atomic mass is 9.95. The Morgan fingerprint density at radius 1 is 1.13 bits per heavy atom. The molecule has 0 aliphatic carbocycles. The zero-order chi connectivity index (χ0) is 32.2. The molecule has 0 fully saturated rings. The molecule has 1 atom stereocenters. The van der Waals surface area contributed by atoms with Crippen LogP contribution in [0.1, 0.15) is 50.4 Å². The average Bonchev–Trinajstić information content (AvgIpc) is 3.30. The monoisotopic (exact) mass is 710 g/mol. The fourth-order valence-corrected chi connectivity index (χ4v) is 6.84. The Hall–Kier alpha value is -3.86. The van der Waals surface area contributed by atoms with Crippen molar-refractivity contribution >= 4 is 50.9 Å². The molecule has 1 aromatic heterocycles. The summed E-state index contributed by atoms with van der Waals surface area (Å²) < 4.78 is 25.9. The number of ether oxygens (including phenoxy) is 4. The Balaban J connectivity index is 1.61. The number of fused-ring (bicyclic) bond motifs is 1. The molecule has 0 unspecified atom stereocenters. The highest BCUT2D eigenvalue weighted by Gasteiger charge is 2.35. The van der Waals surface area contributed by atoms with Gasteiger partial charge in [-0.3, -0.25) is 9.36 Å². The normalized spacial score (nSPS) is 14.7. The van der Waals surface area contributed by atoms with E-state index in [0.29, 0.717) is 58.5 Å². The molecule has 0 spiro atoms. The number of hydrogen-bond donors (Lipinski definition) is 0. The first-order chi connectivity index (χ1) is 21.6. The summed E-state index contributed by atoms with van der Waals surface area (Å²) in [6, 6.07) is 17.7. The van der Waals surface area contributed by atoms with E-state index >= 15 is 0 Å². The summed E-state index contributed by atoms with van der Waals surface area (Å²) in [7, 11) is 1.55. The second-order valence-corrected chi connectivity index (χ2v) is 12.7. The number of hydrogen-bond acceptors (Lipinski definition) is 8. The van der Waals surface area contributed by atoms with Crippen molar-refractivity contribution in [3.63, 3.8) is 0 Å². The zero-order valence-electron chi connectivity index (χ0n) is 25.4. The number of nitrogens with zero attached hydrogens (tertiary/aromatic N) is 2. The molecule has 2 heterocycles. The first kappa shape index (κ1) is 32.5. The van der Waals surface area contributed by atoms with Gasteiger partial charge in [0.1, 0.15) is 18.4 Å². The smallest absolute Gasteiger partial charge is 0.338 e. The Labute approximate surface area is 278 Å². The summed E-state index contributed by atoms with van der Waals surface area (Å²) >= 11 is 11.1.